The number of amides is 2. The molecule has 0 bridgehead atoms. The molecule has 0 heterocycles. The number of carbonyl (C=O) groups excluding carboxylic acids is 2. The second-order valence-corrected chi connectivity index (χ2v) is 12.6. The lowest BCUT2D eigenvalue weighted by molar-refractivity contribution is -0.173. The van der Waals surface area contributed by atoms with Gasteiger partial charge in [0, 0.05) is 26.4 Å². The van der Waals surface area contributed by atoms with Gasteiger partial charge >= 0.3 is 0 Å². The van der Waals surface area contributed by atoms with Crippen LogP contribution in [0.3, 0.4) is 0 Å². The van der Waals surface area contributed by atoms with Gasteiger partial charge in [-0.1, -0.05) is 33.6 Å². The smallest absolute Gasteiger partial charge is 0.248 e. The molecule has 1 aliphatic carbocycles. The summed E-state index contributed by atoms with van der Waals surface area (Å²) in [6.45, 7) is 5.00. The molecule has 1 saturated carbocycles. The summed E-state index contributed by atoms with van der Waals surface area (Å²) in [5.41, 5.74) is -0.370. The van der Waals surface area contributed by atoms with E-state index >= 15 is 0 Å². The van der Waals surface area contributed by atoms with Crippen LogP contribution in [0.2, 0.25) is 0 Å². The van der Waals surface area contributed by atoms with E-state index in [0.29, 0.717) is 10.8 Å². The van der Waals surface area contributed by atoms with Gasteiger partial charge in [-0.05, 0) is 48.4 Å². The van der Waals surface area contributed by atoms with Crippen LogP contribution in [-0.4, -0.2) is 85.3 Å². The number of sulfonamides is 1. The maximum Gasteiger partial charge on any atom is 0.248 e. The van der Waals surface area contributed by atoms with E-state index in [0.717, 1.165) is 30.0 Å². The Labute approximate surface area is 214 Å². The Morgan fingerprint density at radius 1 is 1.11 bits per heavy atom. The Hall–Kier alpha value is -2.21. The number of likely N-dealkylation sites (N-methyl/N-ethyl adjacent to an activating group) is 1. The number of hydrogen-bond donors (Lipinski definition) is 2. The number of carbonyl (C=O) groups is 2. The molecule has 0 unspecified atom stereocenters. The van der Waals surface area contributed by atoms with Crippen LogP contribution in [-0.2, 0) is 19.6 Å². The van der Waals surface area contributed by atoms with Crippen LogP contribution < -0.4 is 4.74 Å². The summed E-state index contributed by atoms with van der Waals surface area (Å²) in [5, 5.41) is 20.7. The Morgan fingerprint density at radius 2 is 1.67 bits per heavy atom. The Balaban J connectivity index is 2.15. The molecular formula is C25H41N3O7S. The van der Waals surface area contributed by atoms with Gasteiger partial charge in [-0.25, -0.2) is 13.5 Å². The molecule has 1 aliphatic rings. The topological polar surface area (TPSA) is 128 Å². The predicted octanol–water partition coefficient (Wildman–Crippen LogP) is 2.55. The molecule has 0 spiro atoms. The quantitative estimate of drug-likeness (QED) is 0.257. The van der Waals surface area contributed by atoms with Gasteiger partial charge in [0.05, 0.1) is 24.7 Å². The van der Waals surface area contributed by atoms with E-state index in [1.54, 1.807) is 7.05 Å². The van der Waals surface area contributed by atoms with Gasteiger partial charge < -0.3 is 14.7 Å². The summed E-state index contributed by atoms with van der Waals surface area (Å²) in [6.07, 6.45) is 3.27. The van der Waals surface area contributed by atoms with E-state index in [2.05, 4.69) is 0 Å². The molecule has 0 aliphatic heterocycles. The summed E-state index contributed by atoms with van der Waals surface area (Å²) < 4.78 is 31.7. The van der Waals surface area contributed by atoms with Crippen molar-refractivity contribution in [1.29, 1.82) is 0 Å². The Bertz CT molecular complexity index is 986. The first kappa shape index (κ1) is 30.0. The molecule has 1 fully saturated rings. The Morgan fingerprint density at radius 3 is 2.14 bits per heavy atom. The highest BCUT2D eigenvalue weighted by Gasteiger charge is 2.39. The molecule has 2 N–H and O–H groups in total. The highest BCUT2D eigenvalue weighted by molar-refractivity contribution is 7.89. The highest BCUT2D eigenvalue weighted by atomic mass is 32.2. The molecule has 2 atom stereocenters. The van der Waals surface area contributed by atoms with Crippen molar-refractivity contribution in [3.8, 4) is 5.75 Å². The van der Waals surface area contributed by atoms with Crippen LogP contribution in [0.4, 0.5) is 0 Å². The molecule has 2 rings (SSSR count). The van der Waals surface area contributed by atoms with Crippen molar-refractivity contribution in [3.63, 3.8) is 0 Å². The maximum atomic E-state index is 13.5. The number of aliphatic hydroxyl groups is 1. The second-order valence-electron chi connectivity index (χ2n) is 10.6. The number of rotatable bonds is 11. The predicted molar refractivity (Wildman–Crippen MR) is 135 cm³/mol. The Kier molecular flexibility index (Phi) is 10.3. The lowest BCUT2D eigenvalue weighted by atomic mass is 9.83. The van der Waals surface area contributed by atoms with Crippen molar-refractivity contribution in [1.82, 2.24) is 14.3 Å². The lowest BCUT2D eigenvalue weighted by Gasteiger charge is -2.39. The number of hydrogen-bond acceptors (Lipinski definition) is 7. The average molecular weight is 528 g/mol. The summed E-state index contributed by atoms with van der Waals surface area (Å²) in [5.74, 6) is -1.17. The zero-order chi connectivity index (χ0) is 27.3. The third kappa shape index (κ3) is 7.18. The maximum absolute atomic E-state index is 13.5. The first-order valence-electron chi connectivity index (χ1n) is 12.2. The number of methoxy groups -OCH3 is 1. The molecule has 0 saturated heterocycles. The van der Waals surface area contributed by atoms with Gasteiger partial charge in [0.25, 0.3) is 0 Å². The molecule has 2 amide bonds. The second kappa shape index (κ2) is 12.4. The van der Waals surface area contributed by atoms with Crippen LogP contribution in [0.1, 0.15) is 52.9 Å². The van der Waals surface area contributed by atoms with E-state index in [1.807, 2.05) is 20.8 Å². The van der Waals surface area contributed by atoms with Crippen LogP contribution in [0, 0.1) is 17.3 Å². The summed E-state index contributed by atoms with van der Waals surface area (Å²) in [4.78, 5) is 28.0. The molecule has 0 aromatic heterocycles. The molecular weight excluding hydrogens is 486 g/mol. The minimum Gasteiger partial charge on any atom is -0.497 e. The minimum atomic E-state index is -3.98. The van der Waals surface area contributed by atoms with Crippen LogP contribution >= 0.6 is 0 Å². The van der Waals surface area contributed by atoms with Gasteiger partial charge in [-0.2, -0.15) is 4.31 Å². The molecule has 204 valence electrons. The first-order chi connectivity index (χ1) is 16.7. The number of benzene rings is 1. The molecule has 0 radical (unpaired) electrons. The first-order valence-corrected chi connectivity index (χ1v) is 13.6. The van der Waals surface area contributed by atoms with Gasteiger partial charge in [-0.3, -0.25) is 14.8 Å². The van der Waals surface area contributed by atoms with Crippen LogP contribution in [0.5, 0.6) is 5.75 Å². The molecule has 10 nitrogen and oxygen atoms in total. The number of hydroxylamine groups is 2. The zero-order valence-corrected chi connectivity index (χ0v) is 23.0. The van der Waals surface area contributed by atoms with E-state index < -0.39 is 34.6 Å². The summed E-state index contributed by atoms with van der Waals surface area (Å²) >= 11 is 0. The van der Waals surface area contributed by atoms with Crippen molar-refractivity contribution in [3.05, 3.63) is 24.3 Å². The van der Waals surface area contributed by atoms with E-state index in [9.17, 15) is 28.3 Å². The van der Waals surface area contributed by atoms with Crippen LogP contribution in [0.15, 0.2) is 29.2 Å². The fourth-order valence-electron chi connectivity index (χ4n) is 4.77. The molecule has 1 aromatic rings. The summed E-state index contributed by atoms with van der Waals surface area (Å²) in [6, 6.07) is 5.34. The van der Waals surface area contributed by atoms with E-state index in [4.69, 9.17) is 4.74 Å². The fourth-order valence-corrected chi connectivity index (χ4v) is 5.87. The van der Waals surface area contributed by atoms with Crippen molar-refractivity contribution < 1.29 is 33.1 Å². The number of ether oxygens (including phenoxy) is 1. The average Bonchev–Trinajstić information content (AvgIpc) is 3.35. The highest BCUT2D eigenvalue weighted by Crippen LogP contribution is 2.36. The van der Waals surface area contributed by atoms with Crippen molar-refractivity contribution >= 4 is 21.8 Å². The SMILES string of the molecule is COc1ccc(S(=O)(=O)N(C)CN(O)C(=O)C[C@@H](C(=O)N(C)[C@H](CO)C(C)(C)C)C2CCCC2)cc1. The molecule has 1 aromatic carbocycles. The normalized spacial score (nSPS) is 16.6. The lowest BCUT2D eigenvalue weighted by Crippen LogP contribution is -2.51. The van der Waals surface area contributed by atoms with E-state index in [1.165, 1.54) is 43.3 Å². The van der Waals surface area contributed by atoms with Crippen molar-refractivity contribution in [2.45, 2.75) is 63.8 Å². The molecule has 36 heavy (non-hydrogen) atoms. The standard InChI is InChI=1S/C25H41N3O7S/c1-25(2,3)22(16-29)27(5)24(31)21(18-9-7-8-10-18)15-23(30)28(32)17-26(4)36(33,34)20-13-11-19(35-6)12-14-20/h11-14,18,21-22,29,32H,7-10,15-17H2,1-6H3/t21-,22-/m1/s1. The zero-order valence-electron chi connectivity index (χ0n) is 22.2. The molecule has 11 heteroatoms. The number of aliphatic hydroxyl groups excluding tert-OH is 1. The third-order valence-corrected chi connectivity index (χ3v) is 8.86. The number of nitrogens with zero attached hydrogens (tertiary/aromatic N) is 3. The van der Waals surface area contributed by atoms with Crippen molar-refractivity contribution in [2.75, 3.05) is 34.5 Å². The largest absolute Gasteiger partial charge is 0.497 e. The minimum absolute atomic E-state index is 0.00971. The van der Waals surface area contributed by atoms with Gasteiger partial charge in [0.1, 0.15) is 12.4 Å². The monoisotopic (exact) mass is 527 g/mol. The van der Waals surface area contributed by atoms with Gasteiger partial charge in [-0.15, -0.1) is 0 Å². The van der Waals surface area contributed by atoms with Crippen molar-refractivity contribution in [2.24, 2.45) is 17.3 Å². The fraction of sp³-hybridized carbons (Fsp3) is 0.680. The summed E-state index contributed by atoms with van der Waals surface area (Å²) in [7, 11) is 0.389. The third-order valence-electron chi connectivity index (χ3n) is 7.06. The van der Waals surface area contributed by atoms with Crippen LogP contribution in [0.25, 0.3) is 0 Å². The van der Waals surface area contributed by atoms with Gasteiger partial charge in [0.15, 0.2) is 0 Å². The van der Waals surface area contributed by atoms with Gasteiger partial charge in [0.2, 0.25) is 21.8 Å². The van der Waals surface area contributed by atoms with E-state index in [-0.39, 0.29) is 35.2 Å².